The van der Waals surface area contributed by atoms with Crippen LogP contribution in [0.25, 0.3) is 11.3 Å². The Morgan fingerprint density at radius 2 is 2.17 bits per heavy atom. The minimum Gasteiger partial charge on any atom is -0.506 e. The second kappa shape index (κ2) is 4.41. The molecule has 0 saturated carbocycles. The molecule has 0 unspecified atom stereocenters. The normalized spacial score (nSPS) is 10.6. The number of aromatic nitrogens is 2. The molecule has 2 rings (SSSR count). The summed E-state index contributed by atoms with van der Waals surface area (Å²) in [6, 6.07) is 2.37. The van der Waals surface area contributed by atoms with E-state index in [2.05, 4.69) is 26.1 Å². The van der Waals surface area contributed by atoms with Crippen LogP contribution in [0.3, 0.4) is 0 Å². The van der Waals surface area contributed by atoms with E-state index in [0.717, 1.165) is 6.07 Å². The first-order valence-electron chi connectivity index (χ1n) is 4.88. The van der Waals surface area contributed by atoms with Crippen LogP contribution in [-0.4, -0.2) is 26.4 Å². The number of nitrogens with one attached hydrogen (secondary N) is 1. The molecule has 2 aromatic rings. The molecule has 0 amide bonds. The lowest BCUT2D eigenvalue weighted by molar-refractivity contribution is 0.0690. The molecule has 0 aliphatic heterocycles. The molecule has 0 fully saturated rings. The summed E-state index contributed by atoms with van der Waals surface area (Å²) in [6.45, 7) is 1.48. The molecule has 7 heteroatoms. The van der Waals surface area contributed by atoms with Gasteiger partial charge in [-0.1, -0.05) is 0 Å². The fourth-order valence-corrected chi connectivity index (χ4v) is 1.98. The number of phenolic OH excluding ortho intramolecular Hbond substituents is 1. The molecule has 0 aliphatic rings. The van der Waals surface area contributed by atoms with Crippen LogP contribution in [0.5, 0.6) is 5.75 Å². The van der Waals surface area contributed by atoms with Crippen molar-refractivity contribution in [3.8, 4) is 17.0 Å². The van der Waals surface area contributed by atoms with Gasteiger partial charge in [-0.05, 0) is 40.5 Å². The maximum atomic E-state index is 13.6. The smallest absolute Gasteiger partial charge is 0.353 e. The lowest BCUT2D eigenvalue weighted by atomic mass is 10.0. The number of phenols is 1. The zero-order valence-electron chi connectivity index (χ0n) is 9.16. The minimum atomic E-state index is -1.18. The first-order chi connectivity index (χ1) is 8.41. The van der Waals surface area contributed by atoms with Crippen LogP contribution in [0.1, 0.15) is 16.1 Å². The Kier molecular flexibility index (Phi) is 3.08. The number of hydrogen-bond acceptors (Lipinski definition) is 3. The predicted molar refractivity (Wildman–Crippen MR) is 65.0 cm³/mol. The second-order valence-corrected chi connectivity index (χ2v) is 4.52. The number of H-pyrrole nitrogens is 1. The predicted octanol–water partition coefficient (Wildman–Crippen LogP) is 2.69. The Morgan fingerprint density at radius 1 is 1.50 bits per heavy atom. The summed E-state index contributed by atoms with van der Waals surface area (Å²) in [5, 5.41) is 24.7. The number of aromatic amines is 1. The van der Waals surface area contributed by atoms with Crippen LogP contribution >= 0.6 is 15.9 Å². The number of carbonyl (C=O) groups is 1. The van der Waals surface area contributed by atoms with Crippen LogP contribution in [0.2, 0.25) is 0 Å². The molecule has 5 nitrogen and oxygen atoms in total. The number of aromatic hydroxyl groups is 1. The highest BCUT2D eigenvalue weighted by molar-refractivity contribution is 9.10. The quantitative estimate of drug-likeness (QED) is 0.795. The van der Waals surface area contributed by atoms with Gasteiger partial charge in [-0.2, -0.15) is 5.10 Å². The maximum absolute atomic E-state index is 13.6. The molecule has 0 radical (unpaired) electrons. The van der Waals surface area contributed by atoms with Crippen molar-refractivity contribution in [3.05, 3.63) is 33.7 Å². The van der Waals surface area contributed by atoms with E-state index in [1.807, 2.05) is 0 Å². The van der Waals surface area contributed by atoms with E-state index in [0.29, 0.717) is 0 Å². The first-order valence-corrected chi connectivity index (χ1v) is 5.67. The summed E-state index contributed by atoms with van der Waals surface area (Å²) in [4.78, 5) is 10.7. The van der Waals surface area contributed by atoms with Crippen LogP contribution in [-0.2, 0) is 0 Å². The topological polar surface area (TPSA) is 86.2 Å². The standard InChI is InChI=1S/C11H8BrFN2O3/c1-4-6(13)2-5(12)10(16)9(4)7-3-8(11(17)18)15-14-7/h2-3,16H,1H3,(H,14,15)(H,17,18). The van der Waals surface area contributed by atoms with E-state index in [-0.39, 0.29) is 32.7 Å². The van der Waals surface area contributed by atoms with Crippen molar-refractivity contribution in [2.24, 2.45) is 0 Å². The van der Waals surface area contributed by atoms with Crippen LogP contribution in [0, 0.1) is 12.7 Å². The van der Waals surface area contributed by atoms with Gasteiger partial charge in [-0.3, -0.25) is 5.10 Å². The fraction of sp³-hybridized carbons (Fsp3) is 0.0909. The third-order valence-electron chi connectivity index (χ3n) is 2.51. The summed E-state index contributed by atoms with van der Waals surface area (Å²) in [5.41, 5.74) is 0.386. The molecular weight excluding hydrogens is 307 g/mol. The van der Waals surface area contributed by atoms with E-state index in [4.69, 9.17) is 5.11 Å². The van der Waals surface area contributed by atoms with E-state index in [1.54, 1.807) is 0 Å². The van der Waals surface area contributed by atoms with Crippen molar-refractivity contribution in [1.82, 2.24) is 10.2 Å². The van der Waals surface area contributed by atoms with E-state index in [9.17, 15) is 14.3 Å². The molecule has 1 heterocycles. The number of carboxylic acid groups (broad SMARTS) is 1. The third-order valence-corrected chi connectivity index (χ3v) is 3.12. The first kappa shape index (κ1) is 12.6. The van der Waals surface area contributed by atoms with Gasteiger partial charge in [0, 0.05) is 0 Å². The lowest BCUT2D eigenvalue weighted by Gasteiger charge is -2.08. The van der Waals surface area contributed by atoms with Gasteiger partial charge in [-0.25, -0.2) is 9.18 Å². The zero-order valence-corrected chi connectivity index (χ0v) is 10.7. The Morgan fingerprint density at radius 3 is 2.72 bits per heavy atom. The molecule has 0 aliphatic carbocycles. The Hall–Kier alpha value is -1.89. The van der Waals surface area contributed by atoms with Crippen molar-refractivity contribution >= 4 is 21.9 Å². The fourth-order valence-electron chi connectivity index (χ4n) is 1.58. The highest BCUT2D eigenvalue weighted by atomic mass is 79.9. The number of carboxylic acids is 1. The molecule has 1 aromatic carbocycles. The lowest BCUT2D eigenvalue weighted by Crippen LogP contribution is -1.95. The molecule has 0 atom stereocenters. The average Bonchev–Trinajstić information content (AvgIpc) is 2.76. The van der Waals surface area contributed by atoms with Crippen molar-refractivity contribution in [3.63, 3.8) is 0 Å². The number of benzene rings is 1. The summed E-state index contributed by atoms with van der Waals surface area (Å²) in [6.07, 6.45) is 0. The van der Waals surface area contributed by atoms with Gasteiger partial charge in [0.1, 0.15) is 17.3 Å². The number of halogens is 2. The molecule has 0 bridgehead atoms. The number of aromatic carboxylic acids is 1. The summed E-state index contributed by atoms with van der Waals surface area (Å²) < 4.78 is 13.8. The van der Waals surface area contributed by atoms with Crippen molar-refractivity contribution in [1.29, 1.82) is 0 Å². The van der Waals surface area contributed by atoms with Gasteiger partial charge in [0.15, 0.2) is 0 Å². The SMILES string of the molecule is Cc1c(F)cc(Br)c(O)c1-c1cc(C(=O)O)[nH]n1. The van der Waals surface area contributed by atoms with Gasteiger partial charge in [0.2, 0.25) is 0 Å². The van der Waals surface area contributed by atoms with E-state index >= 15 is 0 Å². The average molecular weight is 315 g/mol. The second-order valence-electron chi connectivity index (χ2n) is 3.66. The number of rotatable bonds is 2. The molecular formula is C11H8BrFN2O3. The van der Waals surface area contributed by atoms with E-state index < -0.39 is 11.8 Å². The van der Waals surface area contributed by atoms with Gasteiger partial charge in [-0.15, -0.1) is 0 Å². The largest absolute Gasteiger partial charge is 0.506 e. The molecule has 0 spiro atoms. The summed E-state index contributed by atoms with van der Waals surface area (Å²) in [7, 11) is 0. The Balaban J connectivity index is 2.66. The van der Waals surface area contributed by atoms with Crippen molar-refractivity contribution in [2.75, 3.05) is 0 Å². The van der Waals surface area contributed by atoms with Crippen LogP contribution in [0.4, 0.5) is 4.39 Å². The van der Waals surface area contributed by atoms with Gasteiger partial charge in [0.25, 0.3) is 0 Å². The monoisotopic (exact) mass is 314 g/mol. The minimum absolute atomic E-state index is 0.135. The highest BCUT2D eigenvalue weighted by Gasteiger charge is 2.19. The highest BCUT2D eigenvalue weighted by Crippen LogP contribution is 2.38. The summed E-state index contributed by atoms with van der Waals surface area (Å²) in [5.74, 6) is -1.88. The Bertz CT molecular complexity index is 613. The third kappa shape index (κ3) is 1.97. The zero-order chi connectivity index (χ0) is 13.4. The van der Waals surface area contributed by atoms with E-state index in [1.165, 1.54) is 13.0 Å². The molecule has 18 heavy (non-hydrogen) atoms. The van der Waals surface area contributed by atoms with Crippen LogP contribution in [0.15, 0.2) is 16.6 Å². The van der Waals surface area contributed by atoms with Crippen molar-refractivity contribution in [2.45, 2.75) is 6.92 Å². The van der Waals surface area contributed by atoms with Crippen LogP contribution < -0.4 is 0 Å². The number of hydrogen-bond donors (Lipinski definition) is 3. The molecule has 94 valence electrons. The summed E-state index contributed by atoms with van der Waals surface area (Å²) >= 11 is 3.02. The van der Waals surface area contributed by atoms with Gasteiger partial charge < -0.3 is 10.2 Å². The van der Waals surface area contributed by atoms with Gasteiger partial charge >= 0.3 is 5.97 Å². The molecule has 3 N–H and O–H groups in total. The van der Waals surface area contributed by atoms with Gasteiger partial charge in [0.05, 0.1) is 15.7 Å². The maximum Gasteiger partial charge on any atom is 0.353 e. The van der Waals surface area contributed by atoms with Crippen molar-refractivity contribution < 1.29 is 19.4 Å². The molecule has 0 saturated heterocycles. The Labute approximate surface area is 109 Å². The molecule has 1 aromatic heterocycles. The number of nitrogens with zero attached hydrogens (tertiary/aromatic N) is 1.